The molecule has 4 rings (SSSR count). The Balaban J connectivity index is 1.36. The normalized spacial score (nSPS) is 16.5. The highest BCUT2D eigenvalue weighted by Crippen LogP contribution is 2.33. The minimum atomic E-state index is -0.179. The second kappa shape index (κ2) is 8.78. The number of carbonyl (C=O) groups is 1. The van der Waals surface area contributed by atoms with E-state index in [1.807, 2.05) is 6.07 Å². The van der Waals surface area contributed by atoms with Crippen LogP contribution in [0.25, 0.3) is 11.6 Å². The lowest BCUT2D eigenvalue weighted by Crippen LogP contribution is -2.43. The van der Waals surface area contributed by atoms with Crippen LogP contribution in [0.15, 0.2) is 42.5 Å². The number of nitrogens with zero attached hydrogens (tertiary/aromatic N) is 1. The van der Waals surface area contributed by atoms with Gasteiger partial charge in [0.25, 0.3) is 0 Å². The maximum atomic E-state index is 13.5. The Morgan fingerprint density at radius 3 is 2.79 bits per heavy atom. The number of amides is 1. The fourth-order valence-corrected chi connectivity index (χ4v) is 4.25. The quantitative estimate of drug-likeness (QED) is 0.788. The van der Waals surface area contributed by atoms with Crippen molar-refractivity contribution in [2.75, 3.05) is 31.6 Å². The average molecular weight is 394 g/mol. The third kappa shape index (κ3) is 4.67. The molecule has 1 saturated heterocycles. The topological polar surface area (TPSA) is 44.4 Å². The highest BCUT2D eigenvalue weighted by atomic mass is 19.1. The highest BCUT2D eigenvalue weighted by Gasteiger charge is 2.20. The molecule has 152 valence electrons. The number of hydrogen-bond donors (Lipinski definition) is 2. The van der Waals surface area contributed by atoms with Crippen molar-refractivity contribution in [2.45, 2.75) is 31.7 Å². The zero-order chi connectivity index (χ0) is 20.2. The molecule has 0 aromatic heterocycles. The van der Waals surface area contributed by atoms with Gasteiger partial charge in [0.2, 0.25) is 5.91 Å². The van der Waals surface area contributed by atoms with E-state index in [0.29, 0.717) is 12.5 Å². The third-order valence-corrected chi connectivity index (χ3v) is 5.96. The molecule has 0 unspecified atom stereocenters. The fraction of sp³-hybridized carbons (Fsp3) is 0.375. The Bertz CT molecular complexity index is 916. The molecule has 1 amide bonds. The number of allylic oxidation sites excluding steroid dienone is 1. The van der Waals surface area contributed by atoms with Crippen LogP contribution in [-0.4, -0.2) is 38.6 Å². The number of halogens is 1. The van der Waals surface area contributed by atoms with Crippen LogP contribution in [0, 0.1) is 5.82 Å². The maximum Gasteiger partial charge on any atom is 0.221 e. The van der Waals surface area contributed by atoms with Crippen LogP contribution in [0.1, 0.15) is 36.0 Å². The van der Waals surface area contributed by atoms with E-state index in [4.69, 9.17) is 0 Å². The van der Waals surface area contributed by atoms with Crippen molar-refractivity contribution in [3.8, 4) is 0 Å². The van der Waals surface area contributed by atoms with Gasteiger partial charge in [0.05, 0.1) is 0 Å². The summed E-state index contributed by atoms with van der Waals surface area (Å²) in [5, 5.41) is 6.16. The molecule has 4 nitrogen and oxygen atoms in total. The molecule has 1 fully saturated rings. The average Bonchev–Trinajstić information content (AvgIpc) is 3.17. The Hall–Kier alpha value is -2.66. The summed E-state index contributed by atoms with van der Waals surface area (Å²) < 4.78 is 13.5. The van der Waals surface area contributed by atoms with Gasteiger partial charge in [0, 0.05) is 44.8 Å². The summed E-state index contributed by atoms with van der Waals surface area (Å²) in [5.74, 6) is -0.0975. The molecule has 5 heteroatoms. The second-order valence-corrected chi connectivity index (χ2v) is 7.88. The number of carbonyl (C=O) groups excluding carboxylic acids is 1. The van der Waals surface area contributed by atoms with Crippen molar-refractivity contribution in [1.29, 1.82) is 0 Å². The number of rotatable bonds is 6. The van der Waals surface area contributed by atoms with Crippen LogP contribution in [0.3, 0.4) is 0 Å². The van der Waals surface area contributed by atoms with E-state index in [0.717, 1.165) is 44.5 Å². The van der Waals surface area contributed by atoms with Crippen molar-refractivity contribution in [3.63, 3.8) is 0 Å². The first kappa shape index (κ1) is 19.6. The Morgan fingerprint density at radius 1 is 1.17 bits per heavy atom. The lowest BCUT2D eigenvalue weighted by Gasteiger charge is -2.34. The standard InChI is InChI=1S/C24H28FN3O/c1-26-24(29)7-10-27-22-8-11-28(12-9-22)23-4-2-3-17(16-23)19-13-18-5-6-21(25)15-20(18)14-19/h2-6,14-16,22,27H,7-13H2,1H3,(H,26,29). The lowest BCUT2D eigenvalue weighted by atomic mass is 10.0. The number of nitrogens with one attached hydrogen (secondary N) is 2. The maximum absolute atomic E-state index is 13.5. The van der Waals surface area contributed by atoms with E-state index in [1.165, 1.54) is 22.4 Å². The van der Waals surface area contributed by atoms with E-state index >= 15 is 0 Å². The molecule has 0 atom stereocenters. The van der Waals surface area contributed by atoms with E-state index in [1.54, 1.807) is 19.2 Å². The van der Waals surface area contributed by atoms with E-state index < -0.39 is 0 Å². The summed E-state index contributed by atoms with van der Waals surface area (Å²) in [5.41, 5.74) is 5.89. The zero-order valence-electron chi connectivity index (χ0n) is 16.9. The Kier molecular flexibility index (Phi) is 5.95. The van der Waals surface area contributed by atoms with Gasteiger partial charge in [0.15, 0.2) is 0 Å². The molecule has 2 aliphatic rings. The molecule has 0 saturated carbocycles. The van der Waals surface area contributed by atoms with Gasteiger partial charge in [-0.15, -0.1) is 0 Å². The minimum Gasteiger partial charge on any atom is -0.371 e. The minimum absolute atomic E-state index is 0.0813. The molecular formula is C24H28FN3O. The van der Waals surface area contributed by atoms with Crippen molar-refractivity contribution in [2.24, 2.45) is 0 Å². The SMILES string of the molecule is CNC(=O)CCNC1CCN(c2cccc(C3=Cc4cc(F)ccc4C3)c2)CC1. The summed E-state index contributed by atoms with van der Waals surface area (Å²) in [6.07, 6.45) is 5.65. The molecule has 29 heavy (non-hydrogen) atoms. The summed E-state index contributed by atoms with van der Waals surface area (Å²) in [7, 11) is 1.67. The van der Waals surface area contributed by atoms with Crippen LogP contribution in [0.2, 0.25) is 0 Å². The van der Waals surface area contributed by atoms with Crippen LogP contribution >= 0.6 is 0 Å². The summed E-state index contributed by atoms with van der Waals surface area (Å²) in [6.45, 7) is 2.74. The molecule has 2 N–H and O–H groups in total. The molecule has 0 radical (unpaired) electrons. The first-order chi connectivity index (χ1) is 14.1. The van der Waals surface area contributed by atoms with Gasteiger partial charge in [0.1, 0.15) is 5.82 Å². The monoisotopic (exact) mass is 393 g/mol. The number of benzene rings is 2. The van der Waals surface area contributed by atoms with Gasteiger partial charge in [-0.25, -0.2) is 4.39 Å². The summed E-state index contributed by atoms with van der Waals surface area (Å²) >= 11 is 0. The van der Waals surface area contributed by atoms with Crippen molar-refractivity contribution < 1.29 is 9.18 Å². The number of anilines is 1. The number of piperidine rings is 1. The van der Waals surface area contributed by atoms with Gasteiger partial charge in [-0.3, -0.25) is 4.79 Å². The van der Waals surface area contributed by atoms with Crippen LogP contribution < -0.4 is 15.5 Å². The number of fused-ring (bicyclic) bond motifs is 1. The zero-order valence-corrected chi connectivity index (χ0v) is 16.9. The molecule has 1 heterocycles. The molecule has 1 aliphatic heterocycles. The smallest absolute Gasteiger partial charge is 0.221 e. The molecule has 0 spiro atoms. The largest absolute Gasteiger partial charge is 0.371 e. The predicted octanol–water partition coefficient (Wildman–Crippen LogP) is 3.62. The Labute approximate surface area is 171 Å². The first-order valence-electron chi connectivity index (χ1n) is 10.4. The van der Waals surface area contributed by atoms with Gasteiger partial charge in [-0.1, -0.05) is 24.3 Å². The summed E-state index contributed by atoms with van der Waals surface area (Å²) in [6, 6.07) is 14.2. The molecule has 0 bridgehead atoms. The van der Waals surface area contributed by atoms with E-state index in [2.05, 4.69) is 45.9 Å². The van der Waals surface area contributed by atoms with E-state index in [-0.39, 0.29) is 11.7 Å². The van der Waals surface area contributed by atoms with Crippen LogP contribution in [0.5, 0.6) is 0 Å². The molecule has 2 aromatic carbocycles. The fourth-order valence-electron chi connectivity index (χ4n) is 4.25. The highest BCUT2D eigenvalue weighted by molar-refractivity contribution is 5.89. The lowest BCUT2D eigenvalue weighted by molar-refractivity contribution is -0.120. The summed E-state index contributed by atoms with van der Waals surface area (Å²) in [4.78, 5) is 13.8. The van der Waals surface area contributed by atoms with Crippen molar-refractivity contribution >= 4 is 23.2 Å². The van der Waals surface area contributed by atoms with Crippen molar-refractivity contribution in [1.82, 2.24) is 10.6 Å². The van der Waals surface area contributed by atoms with E-state index in [9.17, 15) is 9.18 Å². The van der Waals surface area contributed by atoms with Gasteiger partial charge in [-0.05, 0) is 65.8 Å². The number of hydrogen-bond acceptors (Lipinski definition) is 3. The second-order valence-electron chi connectivity index (χ2n) is 7.88. The van der Waals surface area contributed by atoms with Crippen molar-refractivity contribution in [3.05, 3.63) is 65.0 Å². The molecule has 1 aliphatic carbocycles. The van der Waals surface area contributed by atoms with Crippen LogP contribution in [0.4, 0.5) is 10.1 Å². The van der Waals surface area contributed by atoms with Gasteiger partial charge < -0.3 is 15.5 Å². The molecule has 2 aromatic rings. The Morgan fingerprint density at radius 2 is 2.00 bits per heavy atom. The van der Waals surface area contributed by atoms with Gasteiger partial charge in [-0.2, -0.15) is 0 Å². The van der Waals surface area contributed by atoms with Crippen LogP contribution in [-0.2, 0) is 11.2 Å². The molecular weight excluding hydrogens is 365 g/mol. The van der Waals surface area contributed by atoms with Gasteiger partial charge >= 0.3 is 0 Å². The third-order valence-electron chi connectivity index (χ3n) is 5.96. The first-order valence-corrected chi connectivity index (χ1v) is 10.4. The predicted molar refractivity (Wildman–Crippen MR) is 116 cm³/mol.